The molecule has 0 fully saturated rings. The summed E-state index contributed by atoms with van der Waals surface area (Å²) < 4.78 is 56.9. The molecule has 0 aliphatic carbocycles. The number of hydrogen-bond acceptors (Lipinski definition) is 7. The molecule has 0 N–H and O–H groups in total. The number of hydrogen-bond donors (Lipinski definition) is 0. The van der Waals surface area contributed by atoms with Crippen molar-refractivity contribution in [2.75, 3.05) is 19.8 Å². The number of rotatable bonds is 8. The molecule has 1 aromatic rings. The third kappa shape index (κ3) is 6.00. The first-order chi connectivity index (χ1) is 15.6. The van der Waals surface area contributed by atoms with Gasteiger partial charge in [-0.1, -0.05) is 18.2 Å². The van der Waals surface area contributed by atoms with Crippen LogP contribution in [-0.4, -0.2) is 43.4 Å². The molecule has 2 unspecified atom stereocenters. The van der Waals surface area contributed by atoms with Crippen LogP contribution in [0.5, 0.6) is 0 Å². The Balaban J connectivity index is 2.84. The molecule has 0 saturated carbocycles. The lowest BCUT2D eigenvalue weighted by Gasteiger charge is -2.33. The van der Waals surface area contributed by atoms with E-state index in [0.29, 0.717) is 0 Å². The van der Waals surface area contributed by atoms with Crippen LogP contribution in [0.1, 0.15) is 51.2 Å². The second kappa shape index (κ2) is 11.1. The number of carbonyl (C=O) groups is 3. The van der Waals surface area contributed by atoms with Crippen molar-refractivity contribution in [1.82, 2.24) is 0 Å². The van der Waals surface area contributed by atoms with Gasteiger partial charge in [-0.05, 0) is 39.3 Å². The van der Waals surface area contributed by atoms with Crippen molar-refractivity contribution < 1.29 is 41.8 Å². The molecule has 7 nitrogen and oxygen atoms in total. The van der Waals surface area contributed by atoms with Crippen LogP contribution in [0.3, 0.4) is 0 Å². The Kier molecular flexibility index (Phi) is 8.78. The van der Waals surface area contributed by atoms with Crippen LogP contribution in [-0.2, 0) is 34.8 Å². The number of alkyl halides is 3. The van der Waals surface area contributed by atoms with E-state index in [1.54, 1.807) is 13.8 Å². The predicted octanol–water partition coefficient (Wildman–Crippen LogP) is 4.21. The van der Waals surface area contributed by atoms with Gasteiger partial charge in [0.1, 0.15) is 5.92 Å². The van der Waals surface area contributed by atoms with E-state index in [1.165, 1.54) is 32.0 Å². The van der Waals surface area contributed by atoms with Gasteiger partial charge in [0.25, 0.3) is 0 Å². The topological polar surface area (TPSA) is 91.3 Å². The fourth-order valence-electron chi connectivity index (χ4n) is 3.77. The quantitative estimate of drug-likeness (QED) is 0.418. The highest BCUT2D eigenvalue weighted by atomic mass is 19.4. The standard InChI is InChI=1S/C23H26F3NO6/c1-5-31-17(28)12-16-20(22(30)33-7-3)19(18(13(4)27-16)21(29)32-6-2)14-10-8-9-11-15(14)23(24,25)26/h8-11,18-19H,5-7,12H2,1-4H3. The Morgan fingerprint density at radius 2 is 1.58 bits per heavy atom. The van der Waals surface area contributed by atoms with Crippen molar-refractivity contribution >= 4 is 23.6 Å². The zero-order chi connectivity index (χ0) is 24.8. The molecule has 0 spiro atoms. The Bertz CT molecular complexity index is 967. The van der Waals surface area contributed by atoms with E-state index in [1.807, 2.05) is 0 Å². The van der Waals surface area contributed by atoms with E-state index >= 15 is 0 Å². The summed E-state index contributed by atoms with van der Waals surface area (Å²) in [5.74, 6) is -5.27. The first-order valence-electron chi connectivity index (χ1n) is 10.5. The van der Waals surface area contributed by atoms with Crippen molar-refractivity contribution in [3.63, 3.8) is 0 Å². The predicted molar refractivity (Wildman–Crippen MR) is 112 cm³/mol. The van der Waals surface area contributed by atoms with Gasteiger partial charge in [0.15, 0.2) is 0 Å². The van der Waals surface area contributed by atoms with Gasteiger partial charge in [-0.3, -0.25) is 14.6 Å². The second-order valence-corrected chi connectivity index (χ2v) is 7.11. The Morgan fingerprint density at radius 1 is 0.970 bits per heavy atom. The van der Waals surface area contributed by atoms with Crippen LogP contribution in [0.2, 0.25) is 0 Å². The van der Waals surface area contributed by atoms with Crippen LogP contribution >= 0.6 is 0 Å². The van der Waals surface area contributed by atoms with Gasteiger partial charge in [0, 0.05) is 11.6 Å². The van der Waals surface area contributed by atoms with E-state index in [2.05, 4.69) is 4.99 Å². The fourth-order valence-corrected chi connectivity index (χ4v) is 3.77. The number of halogens is 3. The Labute approximate surface area is 189 Å². The molecular weight excluding hydrogens is 443 g/mol. The molecule has 10 heteroatoms. The molecule has 1 heterocycles. The maximum atomic E-state index is 13.9. The molecule has 0 bridgehead atoms. The SMILES string of the molecule is CCOC(=O)CC1=C(C(=O)OCC)C(c2ccccc2C(F)(F)F)C(C(=O)OCC)C(C)=N1. The molecule has 0 aromatic heterocycles. The summed E-state index contributed by atoms with van der Waals surface area (Å²) in [5, 5.41) is 0. The highest BCUT2D eigenvalue weighted by Gasteiger charge is 2.46. The molecule has 1 aliphatic rings. The zero-order valence-corrected chi connectivity index (χ0v) is 18.8. The summed E-state index contributed by atoms with van der Waals surface area (Å²) in [6.45, 7) is 6.09. The lowest BCUT2D eigenvalue weighted by atomic mass is 9.73. The second-order valence-electron chi connectivity index (χ2n) is 7.11. The number of benzene rings is 1. The highest BCUT2D eigenvalue weighted by molar-refractivity contribution is 6.07. The van der Waals surface area contributed by atoms with Gasteiger partial charge in [-0.25, -0.2) is 4.79 Å². The molecular formula is C23H26F3NO6. The van der Waals surface area contributed by atoms with Gasteiger partial charge in [0.2, 0.25) is 0 Å². The van der Waals surface area contributed by atoms with Crippen LogP contribution < -0.4 is 0 Å². The van der Waals surface area contributed by atoms with Crippen molar-refractivity contribution in [3.05, 3.63) is 46.7 Å². The van der Waals surface area contributed by atoms with Crippen LogP contribution in [0.25, 0.3) is 0 Å². The summed E-state index contributed by atoms with van der Waals surface area (Å²) in [6, 6.07) is 4.65. The largest absolute Gasteiger partial charge is 0.466 e. The van der Waals surface area contributed by atoms with Crippen molar-refractivity contribution in [3.8, 4) is 0 Å². The number of ether oxygens (including phenoxy) is 3. The summed E-state index contributed by atoms with van der Waals surface area (Å²) in [4.78, 5) is 42.3. The summed E-state index contributed by atoms with van der Waals surface area (Å²) >= 11 is 0. The molecule has 2 rings (SSSR count). The Morgan fingerprint density at radius 3 is 2.15 bits per heavy atom. The van der Waals surface area contributed by atoms with Gasteiger partial charge >= 0.3 is 24.1 Å². The molecule has 1 aromatic carbocycles. The molecule has 0 saturated heterocycles. The summed E-state index contributed by atoms with van der Waals surface area (Å²) in [7, 11) is 0. The lowest BCUT2D eigenvalue weighted by molar-refractivity contribution is -0.147. The molecule has 2 atom stereocenters. The minimum Gasteiger partial charge on any atom is -0.466 e. The number of carbonyl (C=O) groups excluding carboxylic acids is 3. The zero-order valence-electron chi connectivity index (χ0n) is 18.8. The number of esters is 3. The maximum Gasteiger partial charge on any atom is 0.416 e. The average molecular weight is 469 g/mol. The van der Waals surface area contributed by atoms with Crippen molar-refractivity contribution in [2.45, 2.75) is 46.2 Å². The average Bonchev–Trinajstić information content (AvgIpc) is 2.73. The fraction of sp³-hybridized carbons (Fsp3) is 0.478. The van der Waals surface area contributed by atoms with Gasteiger partial charge in [0.05, 0.1) is 43.1 Å². The maximum absolute atomic E-state index is 13.9. The van der Waals surface area contributed by atoms with E-state index in [0.717, 1.165) is 6.07 Å². The number of nitrogens with zero attached hydrogens (tertiary/aromatic N) is 1. The smallest absolute Gasteiger partial charge is 0.416 e. The van der Waals surface area contributed by atoms with Crippen LogP contribution in [0.4, 0.5) is 13.2 Å². The van der Waals surface area contributed by atoms with E-state index in [9.17, 15) is 27.6 Å². The van der Waals surface area contributed by atoms with E-state index < -0.39 is 47.9 Å². The summed E-state index contributed by atoms with van der Waals surface area (Å²) in [6.07, 6.45) is -5.24. The monoisotopic (exact) mass is 469 g/mol. The highest BCUT2D eigenvalue weighted by Crippen LogP contribution is 2.45. The first-order valence-corrected chi connectivity index (χ1v) is 10.5. The third-order valence-corrected chi connectivity index (χ3v) is 4.97. The van der Waals surface area contributed by atoms with Crippen molar-refractivity contribution in [1.29, 1.82) is 0 Å². The van der Waals surface area contributed by atoms with E-state index in [4.69, 9.17) is 14.2 Å². The molecule has 0 radical (unpaired) electrons. The van der Waals surface area contributed by atoms with Gasteiger partial charge in [-0.15, -0.1) is 0 Å². The molecule has 1 aliphatic heterocycles. The number of aliphatic imine (C=N–C) groups is 1. The minimum absolute atomic E-state index is 0.0234. The third-order valence-electron chi connectivity index (χ3n) is 4.97. The minimum atomic E-state index is -4.76. The van der Waals surface area contributed by atoms with Gasteiger partial charge < -0.3 is 14.2 Å². The lowest BCUT2D eigenvalue weighted by Crippen LogP contribution is -2.38. The Hall–Kier alpha value is -3.17. The molecule has 0 amide bonds. The van der Waals surface area contributed by atoms with E-state index in [-0.39, 0.29) is 42.4 Å². The molecule has 180 valence electrons. The van der Waals surface area contributed by atoms with Crippen molar-refractivity contribution in [2.24, 2.45) is 10.9 Å². The molecule has 33 heavy (non-hydrogen) atoms. The van der Waals surface area contributed by atoms with Crippen LogP contribution in [0, 0.1) is 5.92 Å². The normalized spacial score (nSPS) is 18.5. The van der Waals surface area contributed by atoms with Crippen LogP contribution in [0.15, 0.2) is 40.5 Å². The first kappa shape index (κ1) is 26.1. The summed E-state index contributed by atoms with van der Waals surface area (Å²) in [5.41, 5.74) is -1.63. The van der Waals surface area contributed by atoms with Gasteiger partial charge in [-0.2, -0.15) is 13.2 Å².